The van der Waals surface area contributed by atoms with Crippen LogP contribution in [-0.4, -0.2) is 18.3 Å². The first-order valence-electron chi connectivity index (χ1n) is 12.3. The third kappa shape index (κ3) is 2.14. The zero-order valence-electron chi connectivity index (χ0n) is 19.1. The van der Waals surface area contributed by atoms with E-state index in [-0.39, 0.29) is 11.3 Å². The molecular weight excluding hydrogens is 372 g/mol. The zero-order chi connectivity index (χ0) is 20.9. The number of fused-ring (bicyclic) bond motifs is 4. The van der Waals surface area contributed by atoms with E-state index in [2.05, 4.69) is 26.8 Å². The maximum absolute atomic E-state index is 11.3. The fourth-order valence-electron chi connectivity index (χ4n) is 10.0. The van der Waals surface area contributed by atoms with E-state index in [4.69, 9.17) is 9.15 Å². The average molecular weight is 411 g/mol. The number of aliphatic hydroxyl groups is 1. The highest BCUT2D eigenvalue weighted by atomic mass is 16.5. The van der Waals surface area contributed by atoms with Crippen LogP contribution in [0.4, 0.5) is 0 Å². The monoisotopic (exact) mass is 410 g/mol. The van der Waals surface area contributed by atoms with E-state index in [1.54, 1.807) is 6.26 Å². The molecule has 5 aliphatic rings. The van der Waals surface area contributed by atoms with Crippen LogP contribution < -0.4 is 0 Å². The second-order valence-corrected chi connectivity index (χ2v) is 11.7. The predicted octanol–water partition coefficient (Wildman–Crippen LogP) is 6.15. The van der Waals surface area contributed by atoms with Crippen molar-refractivity contribution < 1.29 is 14.3 Å². The first-order chi connectivity index (χ1) is 14.4. The van der Waals surface area contributed by atoms with Gasteiger partial charge in [-0.1, -0.05) is 25.5 Å². The minimum Gasteiger partial charge on any atom is -0.467 e. The van der Waals surface area contributed by atoms with Gasteiger partial charge in [0.2, 0.25) is 0 Å². The largest absolute Gasteiger partial charge is 0.467 e. The van der Waals surface area contributed by atoms with Crippen molar-refractivity contribution in [1.29, 1.82) is 0 Å². The van der Waals surface area contributed by atoms with Crippen LogP contribution in [0.1, 0.15) is 77.6 Å². The minimum absolute atomic E-state index is 0.178. The van der Waals surface area contributed by atoms with E-state index in [1.807, 2.05) is 19.2 Å². The number of furan rings is 1. The summed E-state index contributed by atoms with van der Waals surface area (Å²) >= 11 is 0. The van der Waals surface area contributed by atoms with E-state index >= 15 is 0 Å². The number of ether oxygens (including phenoxy) is 1. The Morgan fingerprint density at radius 1 is 1.20 bits per heavy atom. The topological polar surface area (TPSA) is 42.6 Å². The summed E-state index contributed by atoms with van der Waals surface area (Å²) in [4.78, 5) is 0. The Kier molecular flexibility index (Phi) is 4.09. The summed E-state index contributed by atoms with van der Waals surface area (Å²) in [6, 6.07) is 3.83. The highest BCUT2D eigenvalue weighted by molar-refractivity contribution is 5.32. The van der Waals surface area contributed by atoms with Crippen molar-refractivity contribution in [3.05, 3.63) is 35.8 Å². The Morgan fingerprint density at radius 2 is 2.03 bits per heavy atom. The molecule has 1 spiro atoms. The lowest BCUT2D eigenvalue weighted by molar-refractivity contribution is -0.152. The molecule has 5 fully saturated rings. The summed E-state index contributed by atoms with van der Waals surface area (Å²) in [6.07, 6.45) is 13.1. The smallest absolute Gasteiger partial charge is 0.132 e. The van der Waals surface area contributed by atoms with E-state index in [0.29, 0.717) is 28.8 Å². The van der Waals surface area contributed by atoms with Gasteiger partial charge >= 0.3 is 0 Å². The van der Waals surface area contributed by atoms with Crippen LogP contribution in [0, 0.1) is 45.8 Å². The number of methoxy groups -OCH3 is 1. The van der Waals surface area contributed by atoms with Crippen LogP contribution in [0.25, 0.3) is 0 Å². The molecule has 6 rings (SSSR count). The fraction of sp³-hybridized carbons (Fsp3) is 0.778. The van der Waals surface area contributed by atoms with Crippen LogP contribution in [0.15, 0.2) is 34.5 Å². The van der Waals surface area contributed by atoms with Crippen LogP contribution >= 0.6 is 0 Å². The quantitative estimate of drug-likeness (QED) is 0.608. The molecule has 1 N–H and O–H groups in total. The molecule has 3 nitrogen and oxygen atoms in total. The van der Waals surface area contributed by atoms with Crippen molar-refractivity contribution in [3.63, 3.8) is 0 Å². The van der Waals surface area contributed by atoms with E-state index in [9.17, 15) is 5.11 Å². The lowest BCUT2D eigenvalue weighted by Gasteiger charge is -2.60. The van der Waals surface area contributed by atoms with Crippen LogP contribution in [0.3, 0.4) is 0 Å². The number of aliphatic hydroxyl groups excluding tert-OH is 1. The van der Waals surface area contributed by atoms with Gasteiger partial charge in [-0.2, -0.15) is 0 Å². The molecular formula is C27H38O3. The second kappa shape index (κ2) is 6.25. The molecule has 164 valence electrons. The SMILES string of the molecule is C/C=C1\[C@@H](C(O)c2ccco2)C[C@H]2[C@@H]3C[C@@H](OC)[C@]45C[C@H]4CC[C@]5(C)[C@H]3CC[C@]12C. The van der Waals surface area contributed by atoms with Crippen LogP contribution in [-0.2, 0) is 4.74 Å². The molecule has 0 radical (unpaired) electrons. The number of rotatable bonds is 3. The van der Waals surface area contributed by atoms with Crippen LogP contribution in [0.5, 0.6) is 0 Å². The summed E-state index contributed by atoms with van der Waals surface area (Å²) < 4.78 is 11.9. The predicted molar refractivity (Wildman–Crippen MR) is 117 cm³/mol. The molecule has 5 saturated carbocycles. The van der Waals surface area contributed by atoms with Gasteiger partial charge in [0.05, 0.1) is 12.4 Å². The highest BCUT2D eigenvalue weighted by Gasteiger charge is 2.77. The van der Waals surface area contributed by atoms with Crippen molar-refractivity contribution in [2.45, 2.75) is 77.9 Å². The van der Waals surface area contributed by atoms with Gasteiger partial charge in [0.15, 0.2) is 0 Å². The van der Waals surface area contributed by atoms with Gasteiger partial charge in [-0.3, -0.25) is 0 Å². The Morgan fingerprint density at radius 3 is 2.70 bits per heavy atom. The lowest BCUT2D eigenvalue weighted by atomic mass is 9.46. The molecule has 1 aromatic heterocycles. The van der Waals surface area contributed by atoms with Crippen molar-refractivity contribution in [2.75, 3.05) is 7.11 Å². The molecule has 1 heterocycles. The molecule has 0 saturated heterocycles. The molecule has 0 amide bonds. The van der Waals surface area contributed by atoms with Crippen molar-refractivity contribution in [1.82, 2.24) is 0 Å². The highest BCUT2D eigenvalue weighted by Crippen LogP contribution is 2.82. The van der Waals surface area contributed by atoms with Gasteiger partial charge in [-0.15, -0.1) is 0 Å². The van der Waals surface area contributed by atoms with Gasteiger partial charge in [0, 0.05) is 18.4 Å². The Balaban J connectivity index is 1.37. The van der Waals surface area contributed by atoms with Gasteiger partial charge < -0.3 is 14.3 Å². The number of hydrogen-bond donors (Lipinski definition) is 1. The maximum Gasteiger partial charge on any atom is 0.132 e. The van der Waals surface area contributed by atoms with E-state index in [1.165, 1.54) is 44.1 Å². The third-order valence-corrected chi connectivity index (χ3v) is 11.3. The second-order valence-electron chi connectivity index (χ2n) is 11.7. The Hall–Kier alpha value is -1.06. The van der Waals surface area contributed by atoms with Crippen molar-refractivity contribution >= 4 is 0 Å². The first-order valence-corrected chi connectivity index (χ1v) is 12.3. The van der Waals surface area contributed by atoms with E-state index in [0.717, 1.165) is 24.0 Å². The van der Waals surface area contributed by atoms with Crippen LogP contribution in [0.2, 0.25) is 0 Å². The lowest BCUT2D eigenvalue weighted by Crippen LogP contribution is -2.56. The molecule has 30 heavy (non-hydrogen) atoms. The first kappa shape index (κ1) is 19.6. The standard InChI is InChI=1S/C27H38O3/c1-5-19-18(24(28)22-7-6-12-30-22)13-21-17-14-23(29-4)27-15-16(27)8-11-26(27,3)20(17)9-10-25(19,21)2/h5-7,12,16-18,20-21,23-24,28H,8-11,13-15H2,1-4H3/b19-5+/t16-,17-,18+,20+,21+,23-,24?,25-,26-,27+/m1/s1. The summed E-state index contributed by atoms with van der Waals surface area (Å²) in [5.41, 5.74) is 2.61. The summed E-state index contributed by atoms with van der Waals surface area (Å²) in [5.74, 6) is 4.00. The Bertz CT molecular complexity index is 857. The maximum atomic E-state index is 11.3. The molecule has 1 aromatic rings. The Labute approximate surface area is 181 Å². The molecule has 0 aliphatic heterocycles. The summed E-state index contributed by atoms with van der Waals surface area (Å²) in [5, 5.41) is 11.3. The van der Waals surface area contributed by atoms with Gasteiger partial charge in [0.25, 0.3) is 0 Å². The summed E-state index contributed by atoms with van der Waals surface area (Å²) in [7, 11) is 1.96. The van der Waals surface area contributed by atoms with Crippen molar-refractivity contribution in [3.8, 4) is 0 Å². The number of allylic oxidation sites excluding steroid dienone is 1. The average Bonchev–Trinajstić information content (AvgIpc) is 3.06. The zero-order valence-corrected chi connectivity index (χ0v) is 19.1. The normalized spacial score (nSPS) is 53.7. The number of hydrogen-bond acceptors (Lipinski definition) is 3. The van der Waals surface area contributed by atoms with Crippen molar-refractivity contribution in [2.24, 2.45) is 45.8 Å². The fourth-order valence-corrected chi connectivity index (χ4v) is 10.0. The summed E-state index contributed by atoms with van der Waals surface area (Å²) in [6.45, 7) is 7.31. The molecule has 0 aromatic carbocycles. The van der Waals surface area contributed by atoms with Gasteiger partial charge in [-0.05, 0) is 98.5 Å². The third-order valence-electron chi connectivity index (χ3n) is 11.3. The minimum atomic E-state index is -0.532. The van der Waals surface area contributed by atoms with E-state index < -0.39 is 6.10 Å². The molecule has 0 bridgehead atoms. The van der Waals surface area contributed by atoms with Gasteiger partial charge in [-0.25, -0.2) is 0 Å². The molecule has 3 heteroatoms. The molecule has 10 atom stereocenters. The van der Waals surface area contributed by atoms with Gasteiger partial charge in [0.1, 0.15) is 11.9 Å². The molecule has 5 aliphatic carbocycles. The molecule has 1 unspecified atom stereocenters.